The number of nitrogens with zero attached hydrogens (tertiary/aromatic N) is 2. The Hall–Kier alpha value is -0.350. The maximum atomic E-state index is 9.55. The first-order valence-electron chi connectivity index (χ1n) is 3.79. The number of aliphatic hydroxyl groups is 1. The van der Waals surface area contributed by atoms with Crippen LogP contribution in [0.3, 0.4) is 0 Å². The van der Waals surface area contributed by atoms with Crippen LogP contribution in [0.2, 0.25) is 0 Å². The zero-order valence-corrected chi connectivity index (χ0v) is 9.09. The number of halogens is 1. The molecule has 0 saturated heterocycles. The Bertz CT molecular complexity index is 275. The average molecular weight is 233 g/mol. The van der Waals surface area contributed by atoms with Crippen molar-refractivity contribution < 1.29 is 5.11 Å². The van der Waals surface area contributed by atoms with Crippen LogP contribution in [0.15, 0.2) is 10.7 Å². The molecule has 0 aliphatic rings. The third kappa shape index (κ3) is 2.60. The van der Waals surface area contributed by atoms with Gasteiger partial charge in [-0.05, 0) is 35.8 Å². The van der Waals surface area contributed by atoms with Gasteiger partial charge in [-0.2, -0.15) is 5.10 Å². The summed E-state index contributed by atoms with van der Waals surface area (Å²) in [5, 5.41) is 13.7. The summed E-state index contributed by atoms with van der Waals surface area (Å²) in [5.41, 5.74) is 0.349. The summed E-state index contributed by atoms with van der Waals surface area (Å²) in [6.07, 6.45) is 0.613. The highest BCUT2D eigenvalue weighted by Crippen LogP contribution is 2.15. The lowest BCUT2D eigenvalue weighted by Crippen LogP contribution is -2.23. The molecule has 4 heteroatoms. The predicted octanol–water partition coefficient (Wildman–Crippen LogP) is 1.50. The molecule has 0 radical (unpaired) electrons. The van der Waals surface area contributed by atoms with E-state index in [-0.39, 0.29) is 0 Å². The van der Waals surface area contributed by atoms with Gasteiger partial charge in [0.1, 0.15) is 4.60 Å². The Morgan fingerprint density at radius 1 is 1.67 bits per heavy atom. The summed E-state index contributed by atoms with van der Waals surface area (Å²) >= 11 is 3.28. The molecular formula is C8H13BrN2O. The number of hydrogen-bond donors (Lipinski definition) is 1. The average Bonchev–Trinajstić information content (AvgIpc) is 2.06. The van der Waals surface area contributed by atoms with Crippen molar-refractivity contribution in [3.63, 3.8) is 0 Å². The third-order valence-corrected chi connectivity index (χ3v) is 1.95. The van der Waals surface area contributed by atoms with Crippen LogP contribution >= 0.6 is 15.9 Å². The molecule has 0 spiro atoms. The molecule has 0 saturated carbocycles. The fourth-order valence-corrected chi connectivity index (χ4v) is 1.58. The molecule has 12 heavy (non-hydrogen) atoms. The molecule has 0 aromatic carbocycles. The smallest absolute Gasteiger partial charge is 0.128 e. The molecule has 1 heterocycles. The summed E-state index contributed by atoms with van der Waals surface area (Å²) in [7, 11) is 1.87. The molecule has 0 fully saturated rings. The second-order valence-corrected chi connectivity index (χ2v) is 4.38. The third-order valence-electron chi connectivity index (χ3n) is 1.56. The first-order valence-corrected chi connectivity index (χ1v) is 4.58. The van der Waals surface area contributed by atoms with Crippen molar-refractivity contribution in [3.8, 4) is 0 Å². The van der Waals surface area contributed by atoms with Crippen molar-refractivity contribution >= 4 is 15.9 Å². The quantitative estimate of drug-likeness (QED) is 0.840. The van der Waals surface area contributed by atoms with Gasteiger partial charge in [0.25, 0.3) is 0 Å². The van der Waals surface area contributed by atoms with Gasteiger partial charge in [0.2, 0.25) is 0 Å². The number of rotatable bonds is 2. The monoisotopic (exact) mass is 232 g/mol. The van der Waals surface area contributed by atoms with Crippen LogP contribution in [0.5, 0.6) is 0 Å². The van der Waals surface area contributed by atoms with E-state index in [1.54, 1.807) is 18.5 Å². The van der Waals surface area contributed by atoms with Gasteiger partial charge in [-0.25, -0.2) is 0 Å². The van der Waals surface area contributed by atoms with Gasteiger partial charge in [-0.1, -0.05) is 0 Å². The molecule has 1 aromatic rings. The fraction of sp³-hybridized carbons (Fsp3) is 0.625. The second kappa shape index (κ2) is 3.18. The van der Waals surface area contributed by atoms with Gasteiger partial charge in [0, 0.05) is 19.2 Å². The highest BCUT2D eigenvalue weighted by Gasteiger charge is 2.16. The highest BCUT2D eigenvalue weighted by atomic mass is 79.9. The molecule has 0 unspecified atom stereocenters. The molecule has 1 N–H and O–H groups in total. The lowest BCUT2D eigenvalue weighted by molar-refractivity contribution is 0.0789. The van der Waals surface area contributed by atoms with E-state index in [0.717, 1.165) is 10.3 Å². The SMILES string of the molecule is Cn1nc(Br)cc1CC(C)(C)O. The zero-order valence-electron chi connectivity index (χ0n) is 7.50. The fourth-order valence-electron chi connectivity index (χ4n) is 1.08. The Balaban J connectivity index is 2.82. The molecule has 1 rings (SSSR count). The summed E-state index contributed by atoms with van der Waals surface area (Å²) in [6, 6.07) is 1.91. The summed E-state index contributed by atoms with van der Waals surface area (Å²) in [5.74, 6) is 0. The van der Waals surface area contributed by atoms with Crippen molar-refractivity contribution in [1.82, 2.24) is 9.78 Å². The number of aryl methyl sites for hydroxylation is 1. The van der Waals surface area contributed by atoms with E-state index in [4.69, 9.17) is 0 Å². The Labute approximate surface area is 80.5 Å². The van der Waals surface area contributed by atoms with Gasteiger partial charge in [-0.15, -0.1) is 0 Å². The molecule has 0 amide bonds. The van der Waals surface area contributed by atoms with E-state index in [0.29, 0.717) is 6.42 Å². The highest BCUT2D eigenvalue weighted by molar-refractivity contribution is 9.10. The molecule has 0 aliphatic carbocycles. The van der Waals surface area contributed by atoms with Crippen molar-refractivity contribution in [2.75, 3.05) is 0 Å². The molecule has 1 aromatic heterocycles. The first-order chi connectivity index (χ1) is 5.38. The van der Waals surface area contributed by atoms with Crippen molar-refractivity contribution in [1.29, 1.82) is 0 Å². The van der Waals surface area contributed by atoms with Crippen LogP contribution < -0.4 is 0 Å². The normalized spacial score (nSPS) is 12.1. The standard InChI is InChI=1S/C8H13BrN2O/c1-8(2,12)5-6-4-7(9)10-11(6)3/h4,12H,5H2,1-3H3. The predicted molar refractivity (Wildman–Crippen MR) is 50.9 cm³/mol. The van der Waals surface area contributed by atoms with Crippen LogP contribution in [0.4, 0.5) is 0 Å². The van der Waals surface area contributed by atoms with Gasteiger partial charge >= 0.3 is 0 Å². The van der Waals surface area contributed by atoms with Crippen molar-refractivity contribution in [2.24, 2.45) is 7.05 Å². The first kappa shape index (κ1) is 9.74. The molecular weight excluding hydrogens is 220 g/mol. The van der Waals surface area contributed by atoms with Gasteiger partial charge < -0.3 is 5.11 Å². The molecule has 0 aliphatic heterocycles. The van der Waals surface area contributed by atoms with Crippen LogP contribution in [0.25, 0.3) is 0 Å². The molecule has 0 bridgehead atoms. The molecule has 3 nitrogen and oxygen atoms in total. The van der Waals surface area contributed by atoms with E-state index < -0.39 is 5.60 Å². The maximum Gasteiger partial charge on any atom is 0.128 e. The van der Waals surface area contributed by atoms with E-state index in [2.05, 4.69) is 21.0 Å². The summed E-state index contributed by atoms with van der Waals surface area (Å²) < 4.78 is 2.58. The summed E-state index contributed by atoms with van der Waals surface area (Å²) in [4.78, 5) is 0. The van der Waals surface area contributed by atoms with Crippen LogP contribution in [0, 0.1) is 0 Å². The van der Waals surface area contributed by atoms with Crippen LogP contribution in [-0.2, 0) is 13.5 Å². The topological polar surface area (TPSA) is 38.0 Å². The lowest BCUT2D eigenvalue weighted by Gasteiger charge is -2.16. The second-order valence-electron chi connectivity index (χ2n) is 3.57. The van der Waals surface area contributed by atoms with Gasteiger partial charge in [-0.3, -0.25) is 4.68 Å². The molecule has 0 atom stereocenters. The van der Waals surface area contributed by atoms with E-state index >= 15 is 0 Å². The Morgan fingerprint density at radius 2 is 2.25 bits per heavy atom. The Kier molecular flexibility index (Phi) is 2.58. The minimum absolute atomic E-state index is 0.613. The zero-order chi connectivity index (χ0) is 9.35. The lowest BCUT2D eigenvalue weighted by atomic mass is 10.0. The minimum Gasteiger partial charge on any atom is -0.390 e. The van der Waals surface area contributed by atoms with Crippen molar-refractivity contribution in [3.05, 3.63) is 16.4 Å². The van der Waals surface area contributed by atoms with Crippen LogP contribution in [0.1, 0.15) is 19.5 Å². The van der Waals surface area contributed by atoms with E-state index in [1.165, 1.54) is 0 Å². The largest absolute Gasteiger partial charge is 0.390 e. The van der Waals surface area contributed by atoms with Crippen molar-refractivity contribution in [2.45, 2.75) is 25.9 Å². The summed E-state index contributed by atoms with van der Waals surface area (Å²) in [6.45, 7) is 3.57. The molecule has 68 valence electrons. The maximum absolute atomic E-state index is 9.55. The van der Waals surface area contributed by atoms with E-state index in [1.807, 2.05) is 13.1 Å². The number of hydrogen-bond acceptors (Lipinski definition) is 2. The van der Waals surface area contributed by atoms with Crippen LogP contribution in [-0.4, -0.2) is 20.5 Å². The van der Waals surface area contributed by atoms with Gasteiger partial charge in [0.15, 0.2) is 0 Å². The Morgan fingerprint density at radius 3 is 2.58 bits per heavy atom. The number of aromatic nitrogens is 2. The minimum atomic E-state index is -0.673. The van der Waals surface area contributed by atoms with E-state index in [9.17, 15) is 5.11 Å². The van der Waals surface area contributed by atoms with Gasteiger partial charge in [0.05, 0.1) is 5.60 Å².